The first-order chi connectivity index (χ1) is 11.5. The first-order valence-electron chi connectivity index (χ1n) is 7.26. The number of carbonyl (C=O) groups is 1. The Morgan fingerprint density at radius 3 is 2.58 bits per heavy atom. The van der Waals surface area contributed by atoms with E-state index in [1.54, 1.807) is 18.5 Å². The number of nitrogens with zero attached hydrogens (tertiary/aromatic N) is 2. The molecule has 122 valence electrons. The van der Waals surface area contributed by atoms with Crippen LogP contribution in [-0.2, 0) is 0 Å². The third kappa shape index (κ3) is 2.96. The van der Waals surface area contributed by atoms with Crippen molar-refractivity contribution in [3.63, 3.8) is 0 Å². The van der Waals surface area contributed by atoms with Crippen LogP contribution in [0.15, 0.2) is 47.7 Å². The first-order valence-corrected chi connectivity index (χ1v) is 7.26. The minimum atomic E-state index is -0.680. The molecule has 0 spiro atoms. The van der Waals surface area contributed by atoms with Crippen LogP contribution in [0.4, 0.5) is 10.1 Å². The number of anilines is 1. The van der Waals surface area contributed by atoms with Crippen LogP contribution >= 0.6 is 0 Å². The average Bonchev–Trinajstić information content (AvgIpc) is 2.90. The Labute approximate surface area is 137 Å². The van der Waals surface area contributed by atoms with Crippen molar-refractivity contribution in [2.45, 2.75) is 13.8 Å². The van der Waals surface area contributed by atoms with Crippen LogP contribution in [-0.4, -0.2) is 20.4 Å². The highest BCUT2D eigenvalue weighted by atomic mass is 19.1. The van der Waals surface area contributed by atoms with Crippen LogP contribution in [0.3, 0.4) is 0 Å². The Balaban J connectivity index is 1.81. The topological polar surface area (TPSA) is 79.8 Å². The molecule has 1 aromatic carbocycles. The molecular formula is C17H15FN4O2. The van der Waals surface area contributed by atoms with Gasteiger partial charge >= 0.3 is 0 Å². The number of hydrogen-bond acceptors (Lipinski definition) is 3. The summed E-state index contributed by atoms with van der Waals surface area (Å²) < 4.78 is 15.1. The number of imidazole rings is 1. The molecule has 0 fully saturated rings. The standard InChI is InChI=1S/C17H15FN4O2/c1-10-11(2)22(9-20-10)14-5-3-13(4-6-14)21-17(24)15-7-12(18)8-19-16(15)23/h3-9H,1-2H3,(H,19,23)(H,21,24). The highest BCUT2D eigenvalue weighted by Crippen LogP contribution is 2.17. The first kappa shape index (κ1) is 15.7. The fourth-order valence-electron chi connectivity index (χ4n) is 2.29. The number of pyridine rings is 1. The summed E-state index contributed by atoms with van der Waals surface area (Å²) >= 11 is 0. The molecule has 0 aliphatic rings. The minimum Gasteiger partial charge on any atom is -0.325 e. The minimum absolute atomic E-state index is 0.278. The van der Waals surface area contributed by atoms with Crippen molar-refractivity contribution in [3.05, 3.63) is 76.0 Å². The zero-order chi connectivity index (χ0) is 17.3. The lowest BCUT2D eigenvalue weighted by atomic mass is 10.2. The smallest absolute Gasteiger partial charge is 0.261 e. The number of amides is 1. The lowest BCUT2D eigenvalue weighted by Gasteiger charge is -2.08. The Hall–Kier alpha value is -3.22. The van der Waals surface area contributed by atoms with Crippen molar-refractivity contribution < 1.29 is 9.18 Å². The van der Waals surface area contributed by atoms with E-state index in [0.717, 1.165) is 29.3 Å². The van der Waals surface area contributed by atoms with E-state index < -0.39 is 17.3 Å². The van der Waals surface area contributed by atoms with Crippen LogP contribution < -0.4 is 10.9 Å². The Morgan fingerprint density at radius 2 is 1.96 bits per heavy atom. The molecule has 0 bridgehead atoms. The number of aromatic amines is 1. The van der Waals surface area contributed by atoms with Gasteiger partial charge in [-0.15, -0.1) is 0 Å². The van der Waals surface area contributed by atoms with Gasteiger partial charge in [-0.1, -0.05) is 0 Å². The van der Waals surface area contributed by atoms with Gasteiger partial charge in [0.25, 0.3) is 11.5 Å². The largest absolute Gasteiger partial charge is 0.325 e. The molecule has 0 aliphatic heterocycles. The summed E-state index contributed by atoms with van der Waals surface area (Å²) in [6, 6.07) is 7.95. The van der Waals surface area contributed by atoms with Gasteiger partial charge in [-0.2, -0.15) is 0 Å². The van der Waals surface area contributed by atoms with Crippen molar-refractivity contribution in [1.82, 2.24) is 14.5 Å². The fourth-order valence-corrected chi connectivity index (χ4v) is 2.29. The molecule has 0 radical (unpaired) electrons. The van der Waals surface area contributed by atoms with Crippen LogP contribution in [0.1, 0.15) is 21.7 Å². The van der Waals surface area contributed by atoms with E-state index in [1.807, 2.05) is 30.5 Å². The summed E-state index contributed by atoms with van der Waals surface area (Å²) in [6.45, 7) is 3.89. The second kappa shape index (κ2) is 6.11. The highest BCUT2D eigenvalue weighted by molar-refractivity contribution is 6.04. The molecule has 3 rings (SSSR count). The Morgan fingerprint density at radius 1 is 1.25 bits per heavy atom. The van der Waals surface area contributed by atoms with Crippen LogP contribution in [0.5, 0.6) is 0 Å². The van der Waals surface area contributed by atoms with E-state index in [-0.39, 0.29) is 5.56 Å². The third-order valence-corrected chi connectivity index (χ3v) is 3.77. The molecule has 6 nitrogen and oxygen atoms in total. The number of aryl methyl sites for hydroxylation is 1. The molecular weight excluding hydrogens is 311 g/mol. The molecule has 0 saturated heterocycles. The number of carbonyl (C=O) groups excluding carboxylic acids is 1. The van der Waals surface area contributed by atoms with Gasteiger partial charge in [0.1, 0.15) is 11.4 Å². The summed E-state index contributed by atoms with van der Waals surface area (Å²) in [5.74, 6) is -1.35. The second-order valence-corrected chi connectivity index (χ2v) is 5.35. The van der Waals surface area contributed by atoms with Crippen LogP contribution in [0.2, 0.25) is 0 Å². The van der Waals surface area contributed by atoms with Gasteiger partial charge in [0.15, 0.2) is 0 Å². The number of benzene rings is 1. The molecule has 0 atom stereocenters. The number of aromatic nitrogens is 3. The van der Waals surface area contributed by atoms with E-state index in [9.17, 15) is 14.0 Å². The highest BCUT2D eigenvalue weighted by Gasteiger charge is 2.12. The summed E-state index contributed by atoms with van der Waals surface area (Å²) in [5, 5.41) is 2.57. The average molecular weight is 326 g/mol. The fraction of sp³-hybridized carbons (Fsp3) is 0.118. The molecule has 1 amide bonds. The molecule has 2 aromatic heterocycles. The van der Waals surface area contributed by atoms with Crippen molar-refractivity contribution in [2.24, 2.45) is 0 Å². The maximum atomic E-state index is 13.2. The van der Waals surface area contributed by atoms with Gasteiger partial charge < -0.3 is 14.9 Å². The molecule has 0 saturated carbocycles. The Bertz CT molecular complexity index is 957. The molecule has 3 aromatic rings. The summed E-state index contributed by atoms with van der Waals surface area (Å²) in [7, 11) is 0. The van der Waals surface area contributed by atoms with E-state index in [2.05, 4.69) is 15.3 Å². The number of rotatable bonds is 3. The van der Waals surface area contributed by atoms with Gasteiger partial charge in [-0.05, 0) is 44.2 Å². The quantitative estimate of drug-likeness (QED) is 0.776. The van der Waals surface area contributed by atoms with Crippen molar-refractivity contribution in [3.8, 4) is 5.69 Å². The third-order valence-electron chi connectivity index (χ3n) is 3.77. The maximum absolute atomic E-state index is 13.2. The number of H-pyrrole nitrogens is 1. The lowest BCUT2D eigenvalue weighted by molar-refractivity contribution is 0.102. The predicted molar refractivity (Wildman–Crippen MR) is 88.0 cm³/mol. The van der Waals surface area contributed by atoms with Crippen molar-refractivity contribution in [2.75, 3.05) is 5.32 Å². The zero-order valence-electron chi connectivity index (χ0n) is 13.1. The monoisotopic (exact) mass is 326 g/mol. The van der Waals surface area contributed by atoms with Crippen molar-refractivity contribution in [1.29, 1.82) is 0 Å². The predicted octanol–water partition coefficient (Wildman–Crippen LogP) is 2.57. The van der Waals surface area contributed by atoms with Crippen molar-refractivity contribution >= 4 is 11.6 Å². The Kier molecular flexibility index (Phi) is 3.99. The van der Waals surface area contributed by atoms with Gasteiger partial charge in [0.05, 0.1) is 12.0 Å². The van der Waals surface area contributed by atoms with E-state index in [4.69, 9.17) is 0 Å². The molecule has 0 unspecified atom stereocenters. The molecule has 2 N–H and O–H groups in total. The SMILES string of the molecule is Cc1ncn(-c2ccc(NC(=O)c3cc(F)c[nH]c3=O)cc2)c1C. The zero-order valence-corrected chi connectivity index (χ0v) is 13.1. The molecule has 0 aliphatic carbocycles. The molecule has 2 heterocycles. The summed E-state index contributed by atoms with van der Waals surface area (Å²) in [4.78, 5) is 30.1. The second-order valence-electron chi connectivity index (χ2n) is 5.35. The van der Waals surface area contributed by atoms with Crippen LogP contribution in [0, 0.1) is 19.7 Å². The number of halogens is 1. The summed E-state index contributed by atoms with van der Waals surface area (Å²) in [6.07, 6.45) is 2.63. The van der Waals surface area contributed by atoms with Crippen LogP contribution in [0.25, 0.3) is 5.69 Å². The van der Waals surface area contributed by atoms with E-state index in [0.29, 0.717) is 5.69 Å². The van der Waals surface area contributed by atoms with Gasteiger partial charge in [0.2, 0.25) is 0 Å². The number of nitrogens with one attached hydrogen (secondary N) is 2. The molecule has 24 heavy (non-hydrogen) atoms. The van der Waals surface area contributed by atoms with Gasteiger partial charge in [0, 0.05) is 23.3 Å². The lowest BCUT2D eigenvalue weighted by Crippen LogP contribution is -2.23. The number of hydrogen-bond donors (Lipinski definition) is 2. The van der Waals surface area contributed by atoms with E-state index >= 15 is 0 Å². The van der Waals surface area contributed by atoms with Gasteiger partial charge in [-0.3, -0.25) is 9.59 Å². The van der Waals surface area contributed by atoms with E-state index in [1.165, 1.54) is 0 Å². The summed E-state index contributed by atoms with van der Waals surface area (Å²) in [5.41, 5.74) is 2.45. The normalized spacial score (nSPS) is 10.6. The molecule has 7 heteroatoms. The van der Waals surface area contributed by atoms with Gasteiger partial charge in [-0.25, -0.2) is 9.37 Å². The maximum Gasteiger partial charge on any atom is 0.261 e.